The third-order valence-corrected chi connectivity index (χ3v) is 3.67. The van der Waals surface area contributed by atoms with E-state index in [9.17, 15) is 14.9 Å². The van der Waals surface area contributed by atoms with Crippen molar-refractivity contribution in [3.8, 4) is 5.75 Å². The van der Waals surface area contributed by atoms with Crippen molar-refractivity contribution in [2.45, 2.75) is 0 Å². The molecule has 0 saturated heterocycles. The third kappa shape index (κ3) is 3.02. The van der Waals surface area contributed by atoms with E-state index in [4.69, 9.17) is 20.8 Å². The number of nitro benzene ring substituents is 1. The molecule has 7 nitrogen and oxygen atoms in total. The van der Waals surface area contributed by atoms with E-state index in [1.165, 1.54) is 18.2 Å². The molecular formula is C16H11ClN2O5. The fraction of sp³-hybridized carbons (Fsp3) is 0.0625. The molecule has 1 N–H and O–H groups in total. The predicted octanol–water partition coefficient (Wildman–Crippen LogP) is 4.26. The average Bonchev–Trinajstić information content (AvgIpc) is 2.99. The SMILES string of the molecule is COc1ccc2oc(C(=O)Nc3ccc(Cl)c([N+](=O)[O-])c3)cc2c1. The number of amides is 1. The molecule has 2 aromatic carbocycles. The van der Waals surface area contributed by atoms with Crippen LogP contribution in [0, 0.1) is 10.1 Å². The monoisotopic (exact) mass is 346 g/mol. The number of halogens is 1. The number of benzene rings is 2. The smallest absolute Gasteiger partial charge is 0.291 e. The highest BCUT2D eigenvalue weighted by Gasteiger charge is 2.17. The van der Waals surface area contributed by atoms with E-state index in [-0.39, 0.29) is 22.2 Å². The van der Waals surface area contributed by atoms with Gasteiger partial charge in [0.25, 0.3) is 11.6 Å². The Balaban J connectivity index is 1.87. The Kier molecular flexibility index (Phi) is 4.09. The second kappa shape index (κ2) is 6.21. The highest BCUT2D eigenvalue weighted by atomic mass is 35.5. The molecule has 0 bridgehead atoms. The maximum atomic E-state index is 12.3. The minimum absolute atomic E-state index is 0.00571. The van der Waals surface area contributed by atoms with Crippen molar-refractivity contribution in [2.24, 2.45) is 0 Å². The molecule has 0 spiro atoms. The van der Waals surface area contributed by atoms with Crippen molar-refractivity contribution in [3.05, 3.63) is 63.4 Å². The first-order valence-electron chi connectivity index (χ1n) is 6.81. The standard InChI is InChI=1S/C16H11ClN2O5/c1-23-11-3-5-14-9(6-11)7-15(24-14)16(20)18-10-2-4-12(17)13(8-10)19(21)22/h2-8H,1H3,(H,18,20). The summed E-state index contributed by atoms with van der Waals surface area (Å²) in [5, 5.41) is 14.1. The first-order valence-corrected chi connectivity index (χ1v) is 7.18. The number of nitrogens with zero attached hydrogens (tertiary/aromatic N) is 1. The van der Waals surface area contributed by atoms with Crippen LogP contribution >= 0.6 is 11.6 Å². The molecule has 8 heteroatoms. The van der Waals surface area contributed by atoms with Crippen LogP contribution < -0.4 is 10.1 Å². The number of furan rings is 1. The highest BCUT2D eigenvalue weighted by molar-refractivity contribution is 6.32. The molecule has 3 rings (SSSR count). The molecule has 0 aliphatic rings. The van der Waals surface area contributed by atoms with E-state index < -0.39 is 10.8 Å². The minimum Gasteiger partial charge on any atom is -0.497 e. The van der Waals surface area contributed by atoms with Crippen molar-refractivity contribution in [2.75, 3.05) is 12.4 Å². The van der Waals surface area contributed by atoms with Gasteiger partial charge in [-0.3, -0.25) is 14.9 Å². The van der Waals surface area contributed by atoms with Gasteiger partial charge in [0.05, 0.1) is 12.0 Å². The van der Waals surface area contributed by atoms with Gasteiger partial charge in [0, 0.05) is 17.1 Å². The average molecular weight is 347 g/mol. The number of hydrogen-bond donors (Lipinski definition) is 1. The first-order chi connectivity index (χ1) is 11.5. The van der Waals surface area contributed by atoms with Crippen molar-refractivity contribution in [1.29, 1.82) is 0 Å². The zero-order valence-corrected chi connectivity index (χ0v) is 13.2. The molecule has 0 aliphatic heterocycles. The van der Waals surface area contributed by atoms with Gasteiger partial charge in [0.1, 0.15) is 16.4 Å². The topological polar surface area (TPSA) is 94.6 Å². The summed E-state index contributed by atoms with van der Waals surface area (Å²) < 4.78 is 10.6. The van der Waals surface area contributed by atoms with E-state index >= 15 is 0 Å². The second-order valence-corrected chi connectivity index (χ2v) is 5.30. The predicted molar refractivity (Wildman–Crippen MR) is 88.8 cm³/mol. The molecule has 0 unspecified atom stereocenters. The Morgan fingerprint density at radius 1 is 1.25 bits per heavy atom. The number of nitro groups is 1. The quantitative estimate of drug-likeness (QED) is 0.562. The van der Waals surface area contributed by atoms with Gasteiger partial charge in [0.2, 0.25) is 0 Å². The van der Waals surface area contributed by atoms with Gasteiger partial charge in [0.15, 0.2) is 5.76 Å². The van der Waals surface area contributed by atoms with E-state index in [0.717, 1.165) is 0 Å². The molecule has 1 amide bonds. The lowest BCUT2D eigenvalue weighted by molar-refractivity contribution is -0.384. The summed E-state index contributed by atoms with van der Waals surface area (Å²) in [6.45, 7) is 0. The molecule has 1 aromatic heterocycles. The number of carbonyl (C=O) groups is 1. The van der Waals surface area contributed by atoms with E-state index in [1.807, 2.05) is 0 Å². The van der Waals surface area contributed by atoms with Crippen LogP contribution in [0.1, 0.15) is 10.6 Å². The molecule has 0 aliphatic carbocycles. The Hall–Kier alpha value is -3.06. The zero-order chi connectivity index (χ0) is 17.3. The second-order valence-electron chi connectivity index (χ2n) is 4.89. The van der Waals surface area contributed by atoms with Gasteiger partial charge in [-0.2, -0.15) is 0 Å². The van der Waals surface area contributed by atoms with Crippen LogP contribution in [-0.2, 0) is 0 Å². The van der Waals surface area contributed by atoms with Crippen LogP contribution in [0.25, 0.3) is 11.0 Å². The summed E-state index contributed by atoms with van der Waals surface area (Å²) in [5.74, 6) is 0.196. The van der Waals surface area contributed by atoms with E-state index in [2.05, 4.69) is 5.32 Å². The van der Waals surface area contributed by atoms with Crippen LogP contribution in [0.5, 0.6) is 5.75 Å². The van der Waals surface area contributed by atoms with Crippen LogP contribution in [0.3, 0.4) is 0 Å². The fourth-order valence-electron chi connectivity index (χ4n) is 2.18. The van der Waals surface area contributed by atoms with Crippen LogP contribution in [0.4, 0.5) is 11.4 Å². The summed E-state index contributed by atoms with van der Waals surface area (Å²) in [5.41, 5.74) is 0.487. The van der Waals surface area contributed by atoms with Gasteiger partial charge in [-0.15, -0.1) is 0 Å². The molecule has 24 heavy (non-hydrogen) atoms. The van der Waals surface area contributed by atoms with Crippen molar-refractivity contribution < 1.29 is 18.9 Å². The number of anilines is 1. The molecule has 0 radical (unpaired) electrons. The number of methoxy groups -OCH3 is 1. The number of fused-ring (bicyclic) bond motifs is 1. The summed E-state index contributed by atoms with van der Waals surface area (Å²) in [7, 11) is 1.54. The number of hydrogen-bond acceptors (Lipinski definition) is 5. The van der Waals surface area contributed by atoms with Crippen LogP contribution in [0.15, 0.2) is 46.9 Å². The lowest BCUT2D eigenvalue weighted by Gasteiger charge is -2.03. The highest BCUT2D eigenvalue weighted by Crippen LogP contribution is 2.28. The van der Waals surface area contributed by atoms with Crippen molar-refractivity contribution >= 4 is 39.9 Å². The molecular weight excluding hydrogens is 336 g/mol. The molecule has 0 fully saturated rings. The van der Waals surface area contributed by atoms with Crippen LogP contribution in [-0.4, -0.2) is 17.9 Å². The Morgan fingerprint density at radius 2 is 2.04 bits per heavy atom. The van der Waals surface area contributed by atoms with E-state index in [0.29, 0.717) is 16.7 Å². The zero-order valence-electron chi connectivity index (χ0n) is 12.4. The van der Waals surface area contributed by atoms with Crippen molar-refractivity contribution in [1.82, 2.24) is 0 Å². The normalized spacial score (nSPS) is 10.6. The molecule has 1 heterocycles. The lowest BCUT2D eigenvalue weighted by atomic mass is 10.2. The number of nitrogens with one attached hydrogen (secondary N) is 1. The van der Waals surface area contributed by atoms with E-state index in [1.54, 1.807) is 31.4 Å². The molecule has 0 saturated carbocycles. The largest absolute Gasteiger partial charge is 0.497 e. The maximum absolute atomic E-state index is 12.3. The number of rotatable bonds is 4. The molecule has 122 valence electrons. The van der Waals surface area contributed by atoms with Gasteiger partial charge in [-0.05, 0) is 36.4 Å². The lowest BCUT2D eigenvalue weighted by Crippen LogP contribution is -2.10. The molecule has 0 atom stereocenters. The van der Waals surface area contributed by atoms with Gasteiger partial charge >= 0.3 is 0 Å². The minimum atomic E-state index is -0.620. The van der Waals surface area contributed by atoms with Gasteiger partial charge in [-0.25, -0.2) is 0 Å². The Bertz CT molecular complexity index is 951. The Morgan fingerprint density at radius 3 is 2.75 bits per heavy atom. The van der Waals surface area contributed by atoms with Crippen molar-refractivity contribution in [3.63, 3.8) is 0 Å². The summed E-state index contributed by atoms with van der Waals surface area (Å²) in [6.07, 6.45) is 0. The summed E-state index contributed by atoms with van der Waals surface area (Å²) in [6, 6.07) is 10.7. The molecule has 3 aromatic rings. The maximum Gasteiger partial charge on any atom is 0.291 e. The summed E-state index contributed by atoms with van der Waals surface area (Å²) in [4.78, 5) is 22.5. The van der Waals surface area contributed by atoms with Gasteiger partial charge in [-0.1, -0.05) is 11.6 Å². The Labute approximate surface area is 140 Å². The van der Waals surface area contributed by atoms with Crippen LogP contribution in [0.2, 0.25) is 5.02 Å². The fourth-order valence-corrected chi connectivity index (χ4v) is 2.37. The first kappa shape index (κ1) is 15.8. The van der Waals surface area contributed by atoms with Gasteiger partial charge < -0.3 is 14.5 Å². The number of carbonyl (C=O) groups excluding carboxylic acids is 1. The number of ether oxygens (including phenoxy) is 1. The summed E-state index contributed by atoms with van der Waals surface area (Å²) >= 11 is 5.74. The third-order valence-electron chi connectivity index (χ3n) is 3.35.